The molecular weight excluding hydrogens is 374 g/mol. The quantitative estimate of drug-likeness (QED) is 0.707. The number of hydrogen-bond donors (Lipinski definition) is 2. The van der Waals surface area contributed by atoms with Crippen molar-refractivity contribution in [3.8, 4) is 5.75 Å². The largest absolute Gasteiger partial charge is 0.506 e. The topological polar surface area (TPSA) is 101 Å². The number of aryl methyl sites for hydroxylation is 1. The van der Waals surface area contributed by atoms with Gasteiger partial charge in [-0.3, -0.25) is 14.9 Å². The van der Waals surface area contributed by atoms with Gasteiger partial charge in [-0.1, -0.05) is 18.2 Å². The number of carbonyl (C=O) groups excluding carboxylic acids is 2. The summed E-state index contributed by atoms with van der Waals surface area (Å²) in [4.78, 5) is 38.7. The summed E-state index contributed by atoms with van der Waals surface area (Å²) in [7, 11) is 3.04. The van der Waals surface area contributed by atoms with Crippen molar-refractivity contribution < 1.29 is 19.4 Å². The molecule has 8 heteroatoms. The van der Waals surface area contributed by atoms with E-state index >= 15 is 0 Å². The van der Waals surface area contributed by atoms with E-state index in [4.69, 9.17) is 4.74 Å². The fourth-order valence-corrected chi connectivity index (χ4v) is 3.02. The van der Waals surface area contributed by atoms with E-state index in [1.807, 2.05) is 6.07 Å². The maximum atomic E-state index is 13.0. The minimum absolute atomic E-state index is 0.212. The third-order valence-corrected chi connectivity index (χ3v) is 4.55. The van der Waals surface area contributed by atoms with Gasteiger partial charge in [0, 0.05) is 30.9 Å². The van der Waals surface area contributed by atoms with Gasteiger partial charge < -0.3 is 19.3 Å². The number of rotatable bonds is 4. The molecule has 0 bridgehead atoms. The highest BCUT2D eigenvalue weighted by molar-refractivity contribution is 6.10. The van der Waals surface area contributed by atoms with Gasteiger partial charge in [-0.15, -0.1) is 0 Å². The highest BCUT2D eigenvalue weighted by Crippen LogP contribution is 2.30. The minimum atomic E-state index is -0.642. The summed E-state index contributed by atoms with van der Waals surface area (Å²) < 4.78 is 6.13. The summed E-state index contributed by atoms with van der Waals surface area (Å²) in [6, 6.07) is 13.4. The van der Waals surface area contributed by atoms with Crippen molar-refractivity contribution in [3.05, 3.63) is 64.4 Å². The molecule has 2 N–H and O–H groups in total. The molecule has 0 aliphatic rings. The zero-order chi connectivity index (χ0) is 21.1. The van der Waals surface area contributed by atoms with Crippen LogP contribution in [0.2, 0.25) is 0 Å². The van der Waals surface area contributed by atoms with Gasteiger partial charge in [0.05, 0.1) is 12.1 Å². The van der Waals surface area contributed by atoms with Crippen LogP contribution in [-0.4, -0.2) is 35.3 Å². The first kappa shape index (κ1) is 19.9. The first-order valence-electron chi connectivity index (χ1n) is 8.97. The number of pyridine rings is 1. The van der Waals surface area contributed by atoms with Crippen molar-refractivity contribution >= 4 is 34.3 Å². The van der Waals surface area contributed by atoms with E-state index in [0.717, 1.165) is 0 Å². The predicted molar refractivity (Wildman–Crippen MR) is 111 cm³/mol. The average Bonchev–Trinajstić information content (AvgIpc) is 2.72. The van der Waals surface area contributed by atoms with Gasteiger partial charge in [0.25, 0.3) is 11.5 Å². The maximum Gasteiger partial charge on any atom is 0.411 e. The molecule has 0 atom stereocenters. The van der Waals surface area contributed by atoms with Crippen molar-refractivity contribution in [3.63, 3.8) is 0 Å². The van der Waals surface area contributed by atoms with Crippen LogP contribution in [0.5, 0.6) is 5.75 Å². The number of nitrogens with one attached hydrogen (secondary N) is 1. The van der Waals surface area contributed by atoms with Crippen LogP contribution in [0.1, 0.15) is 17.3 Å². The molecule has 0 aliphatic carbocycles. The van der Waals surface area contributed by atoms with Gasteiger partial charge in [0.2, 0.25) is 0 Å². The molecular formula is C21H21N3O5. The van der Waals surface area contributed by atoms with Crippen molar-refractivity contribution in [1.29, 1.82) is 0 Å². The maximum absolute atomic E-state index is 13.0. The number of hydrogen-bond acceptors (Lipinski definition) is 5. The molecule has 0 radical (unpaired) electrons. The van der Waals surface area contributed by atoms with E-state index in [2.05, 4.69) is 5.32 Å². The summed E-state index contributed by atoms with van der Waals surface area (Å²) in [5, 5.41) is 13.6. The average molecular weight is 395 g/mol. The summed E-state index contributed by atoms with van der Waals surface area (Å²) in [5.41, 5.74) is 0.394. The van der Waals surface area contributed by atoms with Crippen LogP contribution >= 0.6 is 0 Å². The Kier molecular flexibility index (Phi) is 5.54. The Morgan fingerprint density at radius 3 is 2.52 bits per heavy atom. The molecule has 0 saturated heterocycles. The molecule has 1 heterocycles. The number of anilines is 2. The zero-order valence-electron chi connectivity index (χ0n) is 16.3. The van der Waals surface area contributed by atoms with E-state index in [1.165, 1.54) is 29.6 Å². The Balaban J connectivity index is 2.11. The molecule has 0 aliphatic heterocycles. The van der Waals surface area contributed by atoms with Gasteiger partial charge in [0.1, 0.15) is 11.3 Å². The van der Waals surface area contributed by atoms with Gasteiger partial charge in [-0.05, 0) is 37.3 Å². The highest BCUT2D eigenvalue weighted by atomic mass is 16.5. The normalized spacial score (nSPS) is 10.6. The molecule has 150 valence electrons. The van der Waals surface area contributed by atoms with Crippen LogP contribution in [0.4, 0.5) is 16.2 Å². The van der Waals surface area contributed by atoms with Gasteiger partial charge in [-0.2, -0.15) is 0 Å². The SMILES string of the molecule is CCOC(=O)Nc1ccc2c(c1)c(O)c(C(=O)N(C)c1ccccc1)c(=O)n2C. The molecule has 29 heavy (non-hydrogen) atoms. The number of ether oxygens (including phenoxy) is 1. The number of para-hydroxylation sites is 1. The summed E-state index contributed by atoms with van der Waals surface area (Å²) in [5.74, 6) is -1.08. The minimum Gasteiger partial charge on any atom is -0.506 e. The zero-order valence-corrected chi connectivity index (χ0v) is 16.3. The van der Waals surface area contributed by atoms with E-state index in [0.29, 0.717) is 16.9 Å². The van der Waals surface area contributed by atoms with Crippen molar-refractivity contribution in [1.82, 2.24) is 4.57 Å². The Bertz CT molecular complexity index is 1140. The summed E-state index contributed by atoms with van der Waals surface area (Å²) >= 11 is 0. The third-order valence-electron chi connectivity index (χ3n) is 4.55. The number of aromatic nitrogens is 1. The number of nitrogens with zero attached hydrogens (tertiary/aromatic N) is 2. The summed E-state index contributed by atoms with van der Waals surface area (Å²) in [6.45, 7) is 1.90. The second-order valence-corrected chi connectivity index (χ2v) is 6.36. The van der Waals surface area contributed by atoms with E-state index in [1.54, 1.807) is 43.3 Å². The molecule has 3 rings (SSSR count). The molecule has 2 aromatic carbocycles. The van der Waals surface area contributed by atoms with Crippen molar-refractivity contribution in [2.24, 2.45) is 7.05 Å². The Morgan fingerprint density at radius 1 is 1.17 bits per heavy atom. The van der Waals surface area contributed by atoms with E-state index < -0.39 is 23.3 Å². The summed E-state index contributed by atoms with van der Waals surface area (Å²) in [6.07, 6.45) is -0.642. The lowest BCUT2D eigenvalue weighted by molar-refractivity contribution is 0.0988. The van der Waals surface area contributed by atoms with Gasteiger partial charge in [-0.25, -0.2) is 4.79 Å². The molecule has 3 aromatic rings. The van der Waals surface area contributed by atoms with Gasteiger partial charge in [0.15, 0.2) is 0 Å². The monoisotopic (exact) mass is 395 g/mol. The van der Waals surface area contributed by atoms with Crippen LogP contribution in [0.25, 0.3) is 10.9 Å². The predicted octanol–water partition coefficient (Wildman–Crippen LogP) is 3.09. The van der Waals surface area contributed by atoms with Crippen LogP contribution in [-0.2, 0) is 11.8 Å². The fourth-order valence-electron chi connectivity index (χ4n) is 3.02. The first-order valence-corrected chi connectivity index (χ1v) is 8.97. The van der Waals surface area contributed by atoms with Crippen LogP contribution < -0.4 is 15.8 Å². The Morgan fingerprint density at radius 2 is 1.86 bits per heavy atom. The molecule has 8 nitrogen and oxygen atoms in total. The molecule has 0 saturated carbocycles. The van der Waals surface area contributed by atoms with Crippen molar-refractivity contribution in [2.45, 2.75) is 6.92 Å². The molecule has 0 unspecified atom stereocenters. The fraction of sp³-hybridized carbons (Fsp3) is 0.190. The smallest absolute Gasteiger partial charge is 0.411 e. The number of fused-ring (bicyclic) bond motifs is 1. The lowest BCUT2D eigenvalue weighted by Gasteiger charge is -2.19. The lowest BCUT2D eigenvalue weighted by atomic mass is 10.1. The number of benzene rings is 2. The second-order valence-electron chi connectivity index (χ2n) is 6.36. The van der Waals surface area contributed by atoms with Crippen LogP contribution in [0.15, 0.2) is 53.3 Å². The second kappa shape index (κ2) is 8.05. The standard InChI is InChI=1S/C21H21N3O5/c1-4-29-21(28)22-13-10-11-16-15(12-13)18(25)17(20(27)24(16)3)19(26)23(2)14-8-6-5-7-9-14/h5-12,25H,4H2,1-3H3,(H,22,28). The lowest BCUT2D eigenvalue weighted by Crippen LogP contribution is -2.34. The van der Waals surface area contributed by atoms with Crippen LogP contribution in [0.3, 0.4) is 0 Å². The number of amides is 2. The number of carbonyl (C=O) groups is 2. The van der Waals surface area contributed by atoms with E-state index in [-0.39, 0.29) is 17.6 Å². The Hall–Kier alpha value is -3.81. The highest BCUT2D eigenvalue weighted by Gasteiger charge is 2.25. The first-order chi connectivity index (χ1) is 13.8. The number of aromatic hydroxyl groups is 1. The van der Waals surface area contributed by atoms with Crippen molar-refractivity contribution in [2.75, 3.05) is 23.9 Å². The molecule has 0 fully saturated rings. The molecule has 1 aromatic heterocycles. The van der Waals surface area contributed by atoms with Gasteiger partial charge >= 0.3 is 6.09 Å². The molecule has 0 spiro atoms. The molecule has 2 amide bonds. The third kappa shape index (κ3) is 3.77. The van der Waals surface area contributed by atoms with E-state index in [9.17, 15) is 19.5 Å². The van der Waals surface area contributed by atoms with Crippen LogP contribution in [0, 0.1) is 0 Å². The Labute approximate surface area is 166 Å².